The third-order valence-electron chi connectivity index (χ3n) is 2.36. The zero-order valence-electron chi connectivity index (χ0n) is 11.0. The van der Waals surface area contributed by atoms with Crippen LogP contribution in [-0.2, 0) is 0 Å². The molecule has 1 heterocycles. The number of hydrogen-bond acceptors (Lipinski definition) is 3. The van der Waals surface area contributed by atoms with E-state index in [1.54, 1.807) is 0 Å². The van der Waals surface area contributed by atoms with E-state index in [0.29, 0.717) is 16.8 Å². The minimum Gasteiger partial charge on any atom is -0.370 e. The molecule has 0 aliphatic carbocycles. The summed E-state index contributed by atoms with van der Waals surface area (Å²) in [5.74, 6) is -0.251. The molecule has 112 valence electrons. The van der Waals surface area contributed by atoms with Gasteiger partial charge in [0, 0.05) is 23.3 Å². The molecule has 4 nitrogen and oxygen atoms in total. The molecule has 0 aliphatic rings. The topological polar surface area (TPSA) is 54.0 Å². The van der Waals surface area contributed by atoms with E-state index in [-0.39, 0.29) is 5.56 Å². The van der Waals surface area contributed by atoms with Crippen molar-refractivity contribution in [1.29, 1.82) is 0 Å². The molecular weight excluding hydrogens is 339 g/mol. The van der Waals surface area contributed by atoms with Crippen molar-refractivity contribution in [3.63, 3.8) is 0 Å². The average molecular weight is 354 g/mol. The van der Waals surface area contributed by atoms with Gasteiger partial charge in [0.2, 0.25) is 0 Å². The second-order valence-corrected chi connectivity index (χ2v) is 5.19. The highest BCUT2D eigenvalue weighted by molar-refractivity contribution is 9.10. The lowest BCUT2D eigenvalue weighted by molar-refractivity contribution is -0.138. The Balaban J connectivity index is 2.83. The first-order valence-corrected chi connectivity index (χ1v) is 6.79. The molecule has 1 rings (SSSR count). The Morgan fingerprint density at radius 3 is 2.70 bits per heavy atom. The zero-order chi connectivity index (χ0) is 15.3. The fourth-order valence-corrected chi connectivity index (χ4v) is 1.95. The van der Waals surface area contributed by atoms with Gasteiger partial charge in [0.05, 0.1) is 12.0 Å². The molecule has 0 radical (unpaired) electrons. The maximum Gasteiger partial charge on any atom is 0.391 e. The number of anilines is 1. The van der Waals surface area contributed by atoms with Crippen LogP contribution in [0.2, 0.25) is 0 Å². The van der Waals surface area contributed by atoms with Gasteiger partial charge < -0.3 is 10.6 Å². The molecule has 0 fully saturated rings. The quantitative estimate of drug-likeness (QED) is 0.853. The van der Waals surface area contributed by atoms with Crippen molar-refractivity contribution in [1.82, 2.24) is 10.3 Å². The lowest BCUT2D eigenvalue weighted by Gasteiger charge is -2.17. The molecule has 1 aromatic heterocycles. The number of nitrogens with one attached hydrogen (secondary N) is 2. The van der Waals surface area contributed by atoms with Crippen molar-refractivity contribution < 1.29 is 18.0 Å². The number of carbonyl (C=O) groups is 1. The summed E-state index contributed by atoms with van der Waals surface area (Å²) >= 11 is 3.18. The number of aromatic nitrogens is 1. The Kier molecular flexibility index (Phi) is 5.79. The monoisotopic (exact) mass is 353 g/mol. The smallest absolute Gasteiger partial charge is 0.370 e. The Morgan fingerprint density at radius 2 is 2.15 bits per heavy atom. The molecule has 1 atom stereocenters. The van der Waals surface area contributed by atoms with E-state index in [1.165, 1.54) is 19.2 Å². The van der Waals surface area contributed by atoms with E-state index in [2.05, 4.69) is 31.5 Å². The number of rotatable bonds is 5. The van der Waals surface area contributed by atoms with Crippen LogP contribution in [0.3, 0.4) is 0 Å². The van der Waals surface area contributed by atoms with Gasteiger partial charge in [-0.3, -0.25) is 4.79 Å². The molecular formula is C12H15BrF3N3O. The molecule has 0 aliphatic heterocycles. The van der Waals surface area contributed by atoms with Crippen LogP contribution in [0.25, 0.3) is 0 Å². The number of pyridine rings is 1. The highest BCUT2D eigenvalue weighted by atomic mass is 79.9. The molecule has 2 N–H and O–H groups in total. The van der Waals surface area contributed by atoms with Gasteiger partial charge in [0.15, 0.2) is 0 Å². The lowest BCUT2D eigenvalue weighted by atomic mass is 10.2. The summed E-state index contributed by atoms with van der Waals surface area (Å²) in [5.41, 5.74) is 0.204. The summed E-state index contributed by atoms with van der Waals surface area (Å²) in [6.07, 6.45) is -3.88. The first-order chi connectivity index (χ1) is 9.23. The lowest BCUT2D eigenvalue weighted by Crippen LogP contribution is -2.36. The van der Waals surface area contributed by atoms with Crippen LogP contribution in [0.5, 0.6) is 0 Å². The predicted octanol–water partition coefficient (Wildman–Crippen LogP) is 3.35. The van der Waals surface area contributed by atoms with Crippen LogP contribution in [0, 0.1) is 0 Å². The molecule has 0 spiro atoms. The van der Waals surface area contributed by atoms with Crippen LogP contribution < -0.4 is 10.6 Å². The highest BCUT2D eigenvalue weighted by Crippen LogP contribution is 2.22. The zero-order valence-corrected chi connectivity index (χ0v) is 12.6. The molecule has 8 heteroatoms. The van der Waals surface area contributed by atoms with Gasteiger partial charge in [-0.1, -0.05) is 0 Å². The number of carbonyl (C=O) groups excluding carboxylic acids is 1. The number of hydrogen-bond donors (Lipinski definition) is 2. The predicted molar refractivity (Wildman–Crippen MR) is 73.7 cm³/mol. The Morgan fingerprint density at radius 1 is 1.50 bits per heavy atom. The van der Waals surface area contributed by atoms with Gasteiger partial charge >= 0.3 is 6.18 Å². The minimum absolute atomic E-state index is 0.204. The fourth-order valence-electron chi connectivity index (χ4n) is 1.62. The molecule has 20 heavy (non-hydrogen) atoms. The molecule has 0 saturated heterocycles. The molecule has 1 unspecified atom stereocenters. The van der Waals surface area contributed by atoms with Gasteiger partial charge in [0.1, 0.15) is 5.82 Å². The Labute approximate surface area is 123 Å². The number of amides is 1. The van der Waals surface area contributed by atoms with Crippen molar-refractivity contribution in [2.24, 2.45) is 0 Å². The molecule has 1 aromatic rings. The van der Waals surface area contributed by atoms with Crippen molar-refractivity contribution in [3.8, 4) is 0 Å². The molecule has 0 aromatic carbocycles. The standard InChI is InChI=1S/C12H15BrF3N3O/c1-3-17-10-9(4-8(13)6-18-10)11(20)19-7(2)5-12(14,15)16/h4,6-7H,3,5H2,1-2H3,(H,17,18)(H,19,20). The summed E-state index contributed by atoms with van der Waals surface area (Å²) in [4.78, 5) is 16.0. The summed E-state index contributed by atoms with van der Waals surface area (Å²) in [7, 11) is 0. The van der Waals surface area contributed by atoms with Crippen LogP contribution >= 0.6 is 15.9 Å². The summed E-state index contributed by atoms with van der Waals surface area (Å²) in [5, 5.41) is 5.21. The van der Waals surface area contributed by atoms with Gasteiger partial charge in [-0.25, -0.2) is 4.98 Å². The largest absolute Gasteiger partial charge is 0.391 e. The van der Waals surface area contributed by atoms with E-state index in [0.717, 1.165) is 0 Å². The molecule has 1 amide bonds. The van der Waals surface area contributed by atoms with Crippen molar-refractivity contribution >= 4 is 27.7 Å². The van der Waals surface area contributed by atoms with Crippen molar-refractivity contribution in [2.45, 2.75) is 32.5 Å². The van der Waals surface area contributed by atoms with E-state index in [4.69, 9.17) is 0 Å². The third kappa shape index (κ3) is 5.36. The SMILES string of the molecule is CCNc1ncc(Br)cc1C(=O)NC(C)CC(F)(F)F. The van der Waals surface area contributed by atoms with Gasteiger partial charge in [-0.05, 0) is 35.8 Å². The maximum atomic E-state index is 12.2. The van der Waals surface area contributed by atoms with Crippen molar-refractivity contribution in [3.05, 3.63) is 22.3 Å². The van der Waals surface area contributed by atoms with Gasteiger partial charge in [-0.15, -0.1) is 0 Å². The minimum atomic E-state index is -4.31. The first kappa shape index (κ1) is 16.7. The number of nitrogens with zero attached hydrogens (tertiary/aromatic N) is 1. The maximum absolute atomic E-state index is 12.2. The molecule has 0 bridgehead atoms. The summed E-state index contributed by atoms with van der Waals surface area (Å²) in [6.45, 7) is 3.69. The third-order valence-corrected chi connectivity index (χ3v) is 2.79. The van der Waals surface area contributed by atoms with E-state index in [9.17, 15) is 18.0 Å². The number of halogens is 4. The van der Waals surface area contributed by atoms with Crippen molar-refractivity contribution in [2.75, 3.05) is 11.9 Å². The second kappa shape index (κ2) is 6.92. The first-order valence-electron chi connectivity index (χ1n) is 6.00. The average Bonchev–Trinajstić information content (AvgIpc) is 2.29. The highest BCUT2D eigenvalue weighted by Gasteiger charge is 2.31. The normalized spacial score (nSPS) is 12.9. The summed E-state index contributed by atoms with van der Waals surface area (Å²) < 4.78 is 37.3. The van der Waals surface area contributed by atoms with Crippen LogP contribution in [-0.4, -0.2) is 29.7 Å². The van der Waals surface area contributed by atoms with E-state index < -0.39 is 24.5 Å². The van der Waals surface area contributed by atoms with E-state index >= 15 is 0 Å². The second-order valence-electron chi connectivity index (χ2n) is 4.27. The van der Waals surface area contributed by atoms with Crippen LogP contribution in [0.1, 0.15) is 30.6 Å². The van der Waals surface area contributed by atoms with Crippen LogP contribution in [0.4, 0.5) is 19.0 Å². The Hall–Kier alpha value is -1.31. The van der Waals surface area contributed by atoms with Crippen LogP contribution in [0.15, 0.2) is 16.7 Å². The summed E-state index contributed by atoms with van der Waals surface area (Å²) in [6, 6.07) is 0.511. The van der Waals surface area contributed by atoms with Gasteiger partial charge in [-0.2, -0.15) is 13.2 Å². The van der Waals surface area contributed by atoms with Gasteiger partial charge in [0.25, 0.3) is 5.91 Å². The van der Waals surface area contributed by atoms with E-state index in [1.807, 2.05) is 6.92 Å². The number of alkyl halides is 3. The Bertz CT molecular complexity index is 480. The fraction of sp³-hybridized carbons (Fsp3) is 0.500. The molecule has 0 saturated carbocycles.